The predicted octanol–water partition coefficient (Wildman–Crippen LogP) is -31.7. The van der Waals surface area contributed by atoms with Crippen molar-refractivity contribution in [1.29, 1.82) is 0 Å². The van der Waals surface area contributed by atoms with Crippen molar-refractivity contribution in [3.63, 3.8) is 0 Å². The van der Waals surface area contributed by atoms with Crippen LogP contribution >= 0.6 is 0 Å². The van der Waals surface area contributed by atoms with E-state index in [2.05, 4.69) is 0 Å². The first-order valence-corrected chi connectivity index (χ1v) is 13.6. The molecule has 0 heterocycles. The molecule has 0 aliphatic rings. The quantitative estimate of drug-likeness (QED) is 0.0749. The summed E-state index contributed by atoms with van der Waals surface area (Å²) in [6.45, 7) is 0. The van der Waals surface area contributed by atoms with Crippen molar-refractivity contribution in [2.75, 3.05) is 0 Å². The maximum Gasteiger partial charge on any atom is 1.00 e. The Kier molecular flexibility index (Phi) is 68.8. The van der Waals surface area contributed by atoms with Crippen LogP contribution in [0.15, 0.2) is 0 Å². The summed E-state index contributed by atoms with van der Waals surface area (Å²) < 4.78 is 108. The van der Waals surface area contributed by atoms with Gasteiger partial charge >= 0.3 is 327 Å². The van der Waals surface area contributed by atoms with E-state index in [0.717, 1.165) is 0 Å². The molecule has 0 aromatic rings. The Morgan fingerprint density at radius 2 is 0.488 bits per heavy atom. The zero-order valence-electron chi connectivity index (χ0n) is 22.5. The summed E-state index contributed by atoms with van der Waals surface area (Å²) in [6.07, 6.45) is -9.76. The van der Waals surface area contributed by atoms with Gasteiger partial charge in [0.1, 0.15) is 24.4 Å². The van der Waals surface area contributed by atoms with E-state index >= 15 is 0 Å². The second-order valence-electron chi connectivity index (χ2n) is 4.73. The number of carboxylic acids is 4. The summed E-state index contributed by atoms with van der Waals surface area (Å²) in [5, 5.41) is 71.5. The number of aliphatic carboxylic acids is 4. The molecule has 0 spiro atoms. The molecule has 0 rings (SSSR count). The van der Waals surface area contributed by atoms with Gasteiger partial charge in [-0.15, -0.1) is 0 Å². The minimum absolute atomic E-state index is 0. The monoisotopic (exact) mass is 870 g/mol. The topological polar surface area (TPSA) is 496 Å². The Bertz CT molecular complexity index is 1020. The van der Waals surface area contributed by atoms with Crippen molar-refractivity contribution in [3.05, 3.63) is 0 Å². The zero-order valence-corrected chi connectivity index (χ0v) is 44.5. The van der Waals surface area contributed by atoms with E-state index in [1.165, 1.54) is 0 Å². The molecule has 35 heteroatoms. The van der Waals surface area contributed by atoms with Crippen LogP contribution in [0.2, 0.25) is 0 Å². The summed E-state index contributed by atoms with van der Waals surface area (Å²) in [6, 6.07) is 0. The van der Waals surface area contributed by atoms with E-state index in [4.69, 9.17) is 29.5 Å². The largest absolute Gasteiger partial charge is 1.00 e. The van der Waals surface area contributed by atoms with Gasteiger partial charge in [-0.05, 0) is 0 Å². The van der Waals surface area contributed by atoms with E-state index in [9.17, 15) is 82.4 Å². The molecule has 0 saturated carbocycles. The van der Waals surface area contributed by atoms with Crippen LogP contribution in [0.5, 0.6) is 0 Å². The summed E-state index contributed by atoms with van der Waals surface area (Å²) in [5.41, 5.74) is 0. The van der Waals surface area contributed by atoms with Gasteiger partial charge in [0.2, 0.25) is 18.3 Å². The number of carboxylic acid groups (broad SMARTS) is 4. The molecule has 4 unspecified atom stereocenters. The second kappa shape index (κ2) is 37.5. The average Bonchev–Trinajstić information content (AvgIpc) is 2.63. The van der Waals surface area contributed by atoms with Gasteiger partial charge in [0, 0.05) is 0 Å². The van der Waals surface area contributed by atoms with Crippen molar-refractivity contribution in [3.8, 4) is 0 Å². The van der Waals surface area contributed by atoms with Crippen LogP contribution in [-0.4, -0.2) is 126 Å². The fourth-order valence-electron chi connectivity index (χ4n) is 0.516. The third-order valence-electron chi connectivity index (χ3n) is 2.08. The fraction of sp³-hybridized carbons (Fsp3) is 0.500. The van der Waals surface area contributed by atoms with Crippen LogP contribution in [0, 0.1) is 0 Å². The Hall–Kier alpha value is 7.14. The molecule has 0 saturated heterocycles. The average molecular weight is 871 g/mol. The first kappa shape index (κ1) is 79.0. The number of aliphatic hydroxyl groups excluding tert-OH is 4. The van der Waals surface area contributed by atoms with Gasteiger partial charge in [-0.1, -0.05) is 0 Å². The van der Waals surface area contributed by atoms with Crippen LogP contribution in [-0.2, 0) is 55.8 Å². The molecule has 25 nitrogen and oxygen atoms in total. The van der Waals surface area contributed by atoms with Gasteiger partial charge in [-0.2, -0.15) is 16.8 Å². The van der Waals surface area contributed by atoms with Crippen LogP contribution in [0.1, 0.15) is 0 Å². The van der Waals surface area contributed by atoms with Gasteiger partial charge in [0.25, 0.3) is 0 Å². The summed E-state index contributed by atoms with van der Waals surface area (Å²) in [7, 11) is -22.0. The number of carbonyl (C=O) groups is 4. The zero-order chi connectivity index (χ0) is 30.6. The molecule has 0 aliphatic carbocycles. The van der Waals surface area contributed by atoms with Crippen LogP contribution < -0.4 is 329 Å². The number of hydrogen-bond donors (Lipinski definition) is 6. The van der Waals surface area contributed by atoms with Gasteiger partial charge in [-0.25, -0.2) is 16.8 Å². The molecule has 0 aliphatic heterocycles. The Labute approximate surface area is 496 Å². The standard InChI is InChI=1S/2C4H6O6.6K.2H2O6S2.H2O/c2*5-1(3(7)8)2(6)4(9)10;;;;;;;2*1-7(2,3)8(4,5)6;/h2*1-2,5-6H,(H,7,8)(H,9,10);;;;;;;2*(H,1,2,3)(H,4,5,6);1H2/q;;6*+1;;;/p-6. The summed E-state index contributed by atoms with van der Waals surface area (Å²) in [4.78, 5) is 38.5. The molecule has 0 aromatic heterocycles. The number of rotatable bonds is 8. The molecule has 4 atom stereocenters. The molecule has 224 valence electrons. The molecule has 0 bridgehead atoms. The van der Waals surface area contributed by atoms with Crippen LogP contribution in [0.3, 0.4) is 0 Å². The minimum Gasteiger partial charge on any atom is -0.734 e. The molecule has 43 heavy (non-hydrogen) atoms. The van der Waals surface area contributed by atoms with E-state index in [0.29, 0.717) is 0 Å². The minimum atomic E-state index is -5.56. The second-order valence-corrected chi connectivity index (χ2v) is 13.0. The number of hydrogen-bond acceptors (Lipinski definition) is 22. The Balaban J connectivity index is -0.0000000336. The van der Waals surface area contributed by atoms with E-state index in [1.54, 1.807) is 0 Å². The predicted molar refractivity (Wildman–Crippen MR) is 90.2 cm³/mol. The SMILES string of the molecule is O.O=C([O-])C(O)C(O)C(=O)[O-].O=C([O-])C(O)C(O)C(=O)[O-].O=S(=O)([O-])S(=O)(=O)O.O=S(=O)([O-])S(=O)(=O)O.[K+].[K+].[K+].[K+].[K+].[K+]. The molecular weight excluding hydrogens is 859 g/mol. The summed E-state index contributed by atoms with van der Waals surface area (Å²) >= 11 is 0. The third-order valence-corrected chi connectivity index (χ3v) is 6.21. The van der Waals surface area contributed by atoms with Crippen molar-refractivity contribution < 1.29 is 426 Å². The molecule has 0 aromatic carbocycles. The summed E-state index contributed by atoms with van der Waals surface area (Å²) in [5.74, 6) is -8.23. The van der Waals surface area contributed by atoms with E-state index < -0.39 is 84.9 Å². The van der Waals surface area contributed by atoms with Crippen LogP contribution in [0.25, 0.3) is 0 Å². The molecule has 0 fully saturated rings. The normalized spacial score (nSPS) is 12.5. The van der Waals surface area contributed by atoms with Gasteiger partial charge in [0.15, 0.2) is 0 Å². The van der Waals surface area contributed by atoms with Crippen molar-refractivity contribution in [1.82, 2.24) is 0 Å². The third kappa shape index (κ3) is 45.2. The van der Waals surface area contributed by atoms with Gasteiger partial charge in [-0.3, -0.25) is 9.11 Å². The first-order chi connectivity index (χ1) is 15.4. The smallest absolute Gasteiger partial charge is 0.734 e. The molecular formula is C8H12K6O25S4. The molecule has 0 amide bonds. The number of carbonyl (C=O) groups excluding carboxylic acids is 4. The maximum absolute atomic E-state index is 9.63. The van der Waals surface area contributed by atoms with Crippen LogP contribution in [0.4, 0.5) is 0 Å². The maximum atomic E-state index is 9.63. The fourth-order valence-corrected chi connectivity index (χ4v) is 0.516. The van der Waals surface area contributed by atoms with Crippen molar-refractivity contribution in [2.45, 2.75) is 24.4 Å². The van der Waals surface area contributed by atoms with Crippen molar-refractivity contribution in [2.24, 2.45) is 0 Å². The van der Waals surface area contributed by atoms with Gasteiger partial charge < -0.3 is 74.6 Å². The van der Waals surface area contributed by atoms with Gasteiger partial charge in [0.05, 0.1) is 23.9 Å². The number of aliphatic hydroxyl groups is 4. The van der Waals surface area contributed by atoms with E-state index in [-0.39, 0.29) is 314 Å². The molecule has 8 N–H and O–H groups in total. The Morgan fingerprint density at radius 3 is 0.512 bits per heavy atom. The Morgan fingerprint density at radius 1 is 0.419 bits per heavy atom. The molecule has 0 radical (unpaired) electrons. The first-order valence-electron chi connectivity index (χ1n) is 6.85. The van der Waals surface area contributed by atoms with E-state index in [1.807, 2.05) is 0 Å². The van der Waals surface area contributed by atoms with Crippen molar-refractivity contribution >= 4 is 60.5 Å².